The maximum atomic E-state index is 13.3. The first-order chi connectivity index (χ1) is 57.6. The molecule has 5 aliphatic heterocycles. The summed E-state index contributed by atoms with van der Waals surface area (Å²) in [4.78, 5) is 6.89. The average Bonchev–Trinajstić information content (AvgIpc) is 1.10. The first-order valence-electron chi connectivity index (χ1n) is 42.1. The summed E-state index contributed by atoms with van der Waals surface area (Å²) >= 11 is 0. The molecular formula is C95H127FN6O15. The Hall–Kier alpha value is -8.91. The van der Waals surface area contributed by atoms with Crippen molar-refractivity contribution in [1.82, 2.24) is 16.0 Å². The molecule has 13 rings (SSSR count). The van der Waals surface area contributed by atoms with Crippen molar-refractivity contribution in [1.29, 1.82) is 0 Å². The van der Waals surface area contributed by atoms with E-state index >= 15 is 0 Å². The summed E-state index contributed by atoms with van der Waals surface area (Å²) in [5.74, 6) is 7.48. The second-order valence-corrected chi connectivity index (χ2v) is 30.4. The fourth-order valence-electron chi connectivity index (χ4n) is 15.5. The fraction of sp³-hybridized carbons (Fsp3) is 0.495. The third-order valence-electron chi connectivity index (χ3n) is 21.8. The van der Waals surface area contributed by atoms with Crippen LogP contribution in [0.3, 0.4) is 0 Å². The van der Waals surface area contributed by atoms with Crippen LogP contribution in [0.2, 0.25) is 0 Å². The molecule has 4 saturated heterocycles. The number of nitrogens with zero attached hydrogens (tertiary/aromatic N) is 3. The number of rotatable bonds is 43. The van der Waals surface area contributed by atoms with E-state index in [0.717, 1.165) is 192 Å². The van der Waals surface area contributed by atoms with Gasteiger partial charge < -0.3 is 102 Å². The highest BCUT2D eigenvalue weighted by atomic mass is 19.1. The molecule has 4 fully saturated rings. The Morgan fingerprint density at radius 1 is 0.419 bits per heavy atom. The molecule has 21 nitrogen and oxygen atoms in total. The number of hydrogen-bond acceptors (Lipinski definition) is 21. The van der Waals surface area contributed by atoms with Crippen LogP contribution < -0.4 is 68.5 Å². The van der Waals surface area contributed by atoms with Crippen molar-refractivity contribution in [3.63, 3.8) is 0 Å². The highest BCUT2D eigenvalue weighted by Crippen LogP contribution is 2.39. The van der Waals surface area contributed by atoms with Gasteiger partial charge in [0.1, 0.15) is 58.4 Å². The fourth-order valence-corrected chi connectivity index (χ4v) is 15.5. The second-order valence-electron chi connectivity index (χ2n) is 30.4. The van der Waals surface area contributed by atoms with E-state index in [-0.39, 0.29) is 24.1 Å². The van der Waals surface area contributed by atoms with Crippen LogP contribution in [0.15, 0.2) is 176 Å². The molecule has 634 valence electrons. The largest absolute Gasteiger partial charge is 0.497 e. The highest BCUT2D eigenvalue weighted by molar-refractivity contribution is 5.62. The Kier molecular flexibility index (Phi) is 37.6. The summed E-state index contributed by atoms with van der Waals surface area (Å²) in [7, 11) is 12.6. The Morgan fingerprint density at radius 2 is 0.915 bits per heavy atom. The zero-order valence-electron chi connectivity index (χ0n) is 70.1. The normalized spacial score (nSPS) is 18.4. The van der Waals surface area contributed by atoms with Gasteiger partial charge in [0.25, 0.3) is 0 Å². The van der Waals surface area contributed by atoms with Gasteiger partial charge in [-0.1, -0.05) is 78.9 Å². The Morgan fingerprint density at radius 3 is 1.47 bits per heavy atom. The molecule has 22 heteroatoms. The standard InChI is InChI=1S/C35H45FN2O5.C35H48N2O6.C25H34N2O4/c1-39-19-5-22-42-34-23-27(9-14-33(34)38-17-2-3-18-38)26-43-35-25-37-16-15-32(35)28-10-12-30(13-11-28)40-20-6-21-41-31-8-4-7-29(36)24-31;1-37(2)32-16-11-27(23-34(32)42-22-7-19-38-3)25-43-35-24-36-18-17-31(35)28-12-14-30(15-13-28)41-21-8-20-40-26-29-9-5-6-10-33(29)39-4;1-28-14-3-12-27-13-15-30-24-9-4-19(16-23(24)27)18-31-25-17-26-11-10-22(25)20-5-7-21(29-2)8-6-20/h4,7-14,23-24,32,35,37H,2-3,5-6,15-22,25-26H2,1H3;5-6,9-16,23,31,35-36H,7-8,17-22,24-26H2,1-4H3;4-9,16,22,25-26H,3,10-15,17-18H2,1-2H3/t32-,35+;31-,35+;22-,25+/m111/s1. The quantitative estimate of drug-likeness (QED) is 0.0306. The maximum absolute atomic E-state index is 13.3. The SMILES string of the molecule is COCCCN1CCOc2ccc(CO[C@H]3CNCC[C@@H]3c3ccc(OC)cc3)cc21.COCCCOc1cc(CO[C@H]2CNCC[C@@H]2c2ccc(OCCCOCc3ccccc3OC)cc2)ccc1N(C)C.COCCCOc1cc(CO[C@H]2CNCC[C@@H]2c2ccc(OCCCOc3cccc(F)c3)cc2)ccc1N1CCCC1. The van der Waals surface area contributed by atoms with Crippen LogP contribution in [0.4, 0.5) is 21.5 Å². The van der Waals surface area contributed by atoms with Crippen molar-refractivity contribution >= 4 is 17.1 Å². The van der Waals surface area contributed by atoms with E-state index < -0.39 is 0 Å². The molecule has 3 N–H and O–H groups in total. The van der Waals surface area contributed by atoms with Crippen molar-refractivity contribution in [3.05, 3.63) is 221 Å². The lowest BCUT2D eigenvalue weighted by Gasteiger charge is -2.33. The summed E-state index contributed by atoms with van der Waals surface area (Å²) in [6.45, 7) is 18.1. The number of nitrogens with one attached hydrogen (secondary N) is 3. The lowest BCUT2D eigenvalue weighted by Crippen LogP contribution is -2.41. The van der Waals surface area contributed by atoms with Crippen molar-refractivity contribution in [2.24, 2.45) is 0 Å². The Bertz CT molecular complexity index is 4120. The lowest BCUT2D eigenvalue weighted by atomic mass is 9.87. The van der Waals surface area contributed by atoms with Crippen molar-refractivity contribution in [2.45, 2.75) is 127 Å². The van der Waals surface area contributed by atoms with Crippen molar-refractivity contribution in [2.75, 3.05) is 196 Å². The zero-order chi connectivity index (χ0) is 81.4. The van der Waals surface area contributed by atoms with Gasteiger partial charge in [0.15, 0.2) is 0 Å². The molecule has 5 heterocycles. The van der Waals surface area contributed by atoms with E-state index in [1.54, 1.807) is 47.7 Å². The van der Waals surface area contributed by atoms with Gasteiger partial charge in [-0.05, 0) is 183 Å². The molecule has 117 heavy (non-hydrogen) atoms. The number of hydrogen-bond donors (Lipinski definition) is 3. The van der Waals surface area contributed by atoms with Gasteiger partial charge in [0, 0.05) is 150 Å². The molecule has 0 saturated carbocycles. The summed E-state index contributed by atoms with van der Waals surface area (Å²) in [6, 6.07) is 58.7. The van der Waals surface area contributed by atoms with Crippen LogP contribution in [0.1, 0.15) is 121 Å². The van der Waals surface area contributed by atoms with Gasteiger partial charge in [-0.2, -0.15) is 0 Å². The van der Waals surface area contributed by atoms with E-state index in [4.69, 9.17) is 71.1 Å². The second kappa shape index (κ2) is 49.5. The highest BCUT2D eigenvalue weighted by Gasteiger charge is 2.31. The minimum Gasteiger partial charge on any atom is -0.497 e. The molecule has 0 aromatic heterocycles. The van der Waals surface area contributed by atoms with E-state index in [0.29, 0.717) is 109 Å². The molecule has 0 aliphatic carbocycles. The summed E-state index contributed by atoms with van der Waals surface area (Å²) < 4.78 is 101. The van der Waals surface area contributed by atoms with Crippen LogP contribution in [-0.4, -0.2) is 199 Å². The van der Waals surface area contributed by atoms with Gasteiger partial charge >= 0.3 is 0 Å². The molecule has 0 radical (unpaired) electrons. The van der Waals surface area contributed by atoms with Crippen molar-refractivity contribution in [3.8, 4) is 46.0 Å². The molecule has 0 unspecified atom stereocenters. The smallest absolute Gasteiger partial charge is 0.142 e. The molecule has 0 spiro atoms. The van der Waals surface area contributed by atoms with Crippen LogP contribution in [-0.2, 0) is 59.6 Å². The predicted molar refractivity (Wildman–Crippen MR) is 460 cm³/mol. The van der Waals surface area contributed by atoms with Crippen LogP contribution in [0.25, 0.3) is 0 Å². The topological polar surface area (TPSA) is 184 Å². The molecule has 8 aromatic rings. The average molecular weight is 1610 g/mol. The van der Waals surface area contributed by atoms with E-state index in [2.05, 4.69) is 134 Å². The van der Waals surface area contributed by atoms with E-state index in [9.17, 15) is 4.39 Å². The summed E-state index contributed by atoms with van der Waals surface area (Å²) in [5, 5.41) is 10.5. The van der Waals surface area contributed by atoms with Crippen LogP contribution in [0, 0.1) is 5.82 Å². The van der Waals surface area contributed by atoms with Crippen LogP contribution >= 0.6 is 0 Å². The number of methoxy groups -OCH3 is 5. The molecular weight excluding hydrogens is 1480 g/mol. The number of halogens is 1. The molecule has 0 amide bonds. The van der Waals surface area contributed by atoms with Gasteiger partial charge in [0.05, 0.1) is 122 Å². The third kappa shape index (κ3) is 28.4. The van der Waals surface area contributed by atoms with Gasteiger partial charge in [-0.3, -0.25) is 0 Å². The minimum absolute atomic E-state index is 0.0739. The number of fused-ring (bicyclic) bond motifs is 1. The maximum Gasteiger partial charge on any atom is 0.142 e. The van der Waals surface area contributed by atoms with Gasteiger partial charge in [-0.25, -0.2) is 4.39 Å². The monoisotopic (exact) mass is 1610 g/mol. The number of piperidine rings is 3. The number of benzene rings is 8. The first kappa shape index (κ1) is 88.9. The van der Waals surface area contributed by atoms with E-state index in [1.165, 1.54) is 52.9 Å². The van der Waals surface area contributed by atoms with Crippen LogP contribution in [0.5, 0.6) is 46.0 Å². The lowest BCUT2D eigenvalue weighted by molar-refractivity contribution is 0.0105. The van der Waals surface area contributed by atoms with Crippen molar-refractivity contribution < 1.29 is 75.4 Å². The number of ether oxygens (including phenoxy) is 15. The minimum atomic E-state index is -0.296. The molecule has 8 aromatic carbocycles. The number of anilines is 3. The summed E-state index contributed by atoms with van der Waals surface area (Å²) in [5.41, 5.74) is 11.7. The van der Waals surface area contributed by atoms with Gasteiger partial charge in [-0.15, -0.1) is 0 Å². The van der Waals surface area contributed by atoms with Gasteiger partial charge in [0.2, 0.25) is 0 Å². The first-order valence-corrected chi connectivity index (χ1v) is 42.1. The molecule has 6 atom stereocenters. The molecule has 0 bridgehead atoms. The number of para-hydroxylation sites is 1. The zero-order valence-corrected chi connectivity index (χ0v) is 70.1. The third-order valence-corrected chi connectivity index (χ3v) is 21.8. The predicted octanol–water partition coefficient (Wildman–Crippen LogP) is 15.8. The Balaban J connectivity index is 0.000000175. The Labute approximate surface area is 694 Å². The van der Waals surface area contributed by atoms with E-state index in [1.807, 2.05) is 62.6 Å². The summed E-state index contributed by atoms with van der Waals surface area (Å²) in [6.07, 6.45) is 10.1. The molecule has 5 aliphatic rings.